The molecule has 1 fully saturated rings. The Bertz CT molecular complexity index is 936. The Morgan fingerprint density at radius 2 is 1.68 bits per heavy atom. The van der Waals surface area contributed by atoms with E-state index in [1.165, 1.54) is 0 Å². The molecule has 0 aromatic heterocycles. The van der Waals surface area contributed by atoms with Gasteiger partial charge in [0.15, 0.2) is 11.5 Å². The van der Waals surface area contributed by atoms with Crippen LogP contribution in [0.2, 0.25) is 0 Å². The average molecular weight is 426 g/mol. The third-order valence-corrected chi connectivity index (χ3v) is 5.64. The largest absolute Gasteiger partial charge is 0.493 e. The maximum atomic E-state index is 12.7. The molecule has 2 N–H and O–H groups in total. The van der Waals surface area contributed by atoms with Crippen LogP contribution in [-0.2, 0) is 9.59 Å². The van der Waals surface area contributed by atoms with Crippen LogP contribution >= 0.6 is 0 Å². The standard InChI is InChI=1S/C24H31N3O4/c1-16-5-6-17(2)20(13-16)26-24(29)18-9-11-27(12-10-18)15-23(28)25-19-7-8-21(30-3)22(14-19)31-4/h5-8,13-14,18H,9-12,15H2,1-4H3,(H,25,28)(H,26,29). The number of ether oxygens (including phenoxy) is 2. The Morgan fingerprint density at radius 1 is 0.968 bits per heavy atom. The third kappa shape index (κ3) is 5.98. The zero-order valence-corrected chi connectivity index (χ0v) is 18.7. The molecule has 7 nitrogen and oxygen atoms in total. The number of amides is 2. The van der Waals surface area contributed by atoms with E-state index >= 15 is 0 Å². The smallest absolute Gasteiger partial charge is 0.238 e. The summed E-state index contributed by atoms with van der Waals surface area (Å²) in [6.07, 6.45) is 1.47. The summed E-state index contributed by atoms with van der Waals surface area (Å²) < 4.78 is 10.5. The van der Waals surface area contributed by atoms with Gasteiger partial charge in [0.25, 0.3) is 0 Å². The second-order valence-electron chi connectivity index (χ2n) is 7.98. The van der Waals surface area contributed by atoms with Gasteiger partial charge in [-0.05, 0) is 69.1 Å². The normalized spacial score (nSPS) is 14.7. The lowest BCUT2D eigenvalue weighted by atomic mass is 9.95. The lowest BCUT2D eigenvalue weighted by molar-refractivity contribution is -0.121. The van der Waals surface area contributed by atoms with E-state index in [0.29, 0.717) is 36.8 Å². The van der Waals surface area contributed by atoms with Crippen LogP contribution in [0.15, 0.2) is 36.4 Å². The predicted octanol–water partition coefficient (Wildman–Crippen LogP) is 3.61. The van der Waals surface area contributed by atoms with E-state index in [0.717, 1.165) is 29.7 Å². The molecule has 2 amide bonds. The van der Waals surface area contributed by atoms with Crippen molar-refractivity contribution in [2.75, 3.05) is 44.5 Å². The number of likely N-dealkylation sites (tertiary alicyclic amines) is 1. The highest BCUT2D eigenvalue weighted by Crippen LogP contribution is 2.29. The van der Waals surface area contributed by atoms with Gasteiger partial charge in [0.1, 0.15) is 0 Å². The summed E-state index contributed by atoms with van der Waals surface area (Å²) in [5.74, 6) is 1.11. The average Bonchev–Trinajstić information content (AvgIpc) is 2.76. The Labute approximate surface area is 183 Å². The maximum Gasteiger partial charge on any atom is 0.238 e. The molecular weight excluding hydrogens is 394 g/mol. The first-order valence-corrected chi connectivity index (χ1v) is 10.5. The lowest BCUT2D eigenvalue weighted by Crippen LogP contribution is -2.41. The number of anilines is 2. The lowest BCUT2D eigenvalue weighted by Gasteiger charge is -2.30. The van der Waals surface area contributed by atoms with E-state index in [4.69, 9.17) is 9.47 Å². The van der Waals surface area contributed by atoms with Crippen molar-refractivity contribution in [3.63, 3.8) is 0 Å². The minimum atomic E-state index is -0.0921. The molecule has 1 aliphatic rings. The molecule has 0 spiro atoms. The molecule has 2 aromatic rings. The van der Waals surface area contributed by atoms with E-state index in [9.17, 15) is 9.59 Å². The van der Waals surface area contributed by atoms with Crippen LogP contribution in [-0.4, -0.2) is 50.6 Å². The number of carbonyl (C=O) groups is 2. The van der Waals surface area contributed by atoms with Gasteiger partial charge in [0.2, 0.25) is 11.8 Å². The van der Waals surface area contributed by atoms with Gasteiger partial charge in [-0.3, -0.25) is 14.5 Å². The molecule has 0 saturated carbocycles. The first-order valence-electron chi connectivity index (χ1n) is 10.5. The highest BCUT2D eigenvalue weighted by atomic mass is 16.5. The topological polar surface area (TPSA) is 79.9 Å². The van der Waals surface area contributed by atoms with Crippen LogP contribution in [0.5, 0.6) is 11.5 Å². The second-order valence-corrected chi connectivity index (χ2v) is 7.98. The zero-order chi connectivity index (χ0) is 22.4. The highest BCUT2D eigenvalue weighted by Gasteiger charge is 2.26. The van der Waals surface area contributed by atoms with E-state index in [-0.39, 0.29) is 17.7 Å². The number of carbonyl (C=O) groups excluding carboxylic acids is 2. The molecule has 7 heteroatoms. The number of hydrogen-bond donors (Lipinski definition) is 2. The van der Waals surface area contributed by atoms with Crippen LogP contribution in [0.1, 0.15) is 24.0 Å². The third-order valence-electron chi connectivity index (χ3n) is 5.64. The summed E-state index contributed by atoms with van der Waals surface area (Å²) in [5.41, 5.74) is 3.71. The fourth-order valence-electron chi connectivity index (χ4n) is 3.78. The number of nitrogens with one attached hydrogen (secondary N) is 2. The number of piperidine rings is 1. The number of benzene rings is 2. The van der Waals surface area contributed by atoms with E-state index in [1.807, 2.05) is 32.0 Å². The van der Waals surface area contributed by atoms with Crippen LogP contribution in [0.3, 0.4) is 0 Å². The van der Waals surface area contributed by atoms with Crippen LogP contribution in [0, 0.1) is 19.8 Å². The minimum absolute atomic E-state index is 0.0370. The highest BCUT2D eigenvalue weighted by molar-refractivity contribution is 5.94. The van der Waals surface area contributed by atoms with Crippen molar-refractivity contribution in [3.8, 4) is 11.5 Å². The van der Waals surface area contributed by atoms with Crippen molar-refractivity contribution in [1.82, 2.24) is 4.90 Å². The van der Waals surface area contributed by atoms with Gasteiger partial charge < -0.3 is 20.1 Å². The molecule has 31 heavy (non-hydrogen) atoms. The molecule has 0 radical (unpaired) electrons. The fraction of sp³-hybridized carbons (Fsp3) is 0.417. The van der Waals surface area contributed by atoms with Crippen molar-refractivity contribution in [2.45, 2.75) is 26.7 Å². The summed E-state index contributed by atoms with van der Waals surface area (Å²) >= 11 is 0. The van der Waals surface area contributed by atoms with Gasteiger partial charge in [0, 0.05) is 23.4 Å². The van der Waals surface area contributed by atoms with Crippen molar-refractivity contribution in [3.05, 3.63) is 47.5 Å². The van der Waals surface area contributed by atoms with Crippen molar-refractivity contribution in [2.24, 2.45) is 5.92 Å². The van der Waals surface area contributed by atoms with Gasteiger partial charge in [-0.25, -0.2) is 0 Å². The van der Waals surface area contributed by atoms with Crippen molar-refractivity contribution >= 4 is 23.2 Å². The molecular formula is C24H31N3O4. The molecule has 0 atom stereocenters. The van der Waals surface area contributed by atoms with Gasteiger partial charge in [-0.1, -0.05) is 12.1 Å². The van der Waals surface area contributed by atoms with E-state index in [1.54, 1.807) is 32.4 Å². The van der Waals surface area contributed by atoms with E-state index in [2.05, 4.69) is 15.5 Å². The van der Waals surface area contributed by atoms with Crippen molar-refractivity contribution in [1.29, 1.82) is 0 Å². The SMILES string of the molecule is COc1ccc(NC(=O)CN2CCC(C(=O)Nc3cc(C)ccc3C)CC2)cc1OC. The Kier molecular flexibility index (Phi) is 7.52. The number of aryl methyl sites for hydroxylation is 2. The molecule has 1 aliphatic heterocycles. The number of hydrogen-bond acceptors (Lipinski definition) is 5. The molecule has 0 bridgehead atoms. The Balaban J connectivity index is 1.48. The molecule has 1 heterocycles. The first-order chi connectivity index (χ1) is 14.9. The van der Waals surface area contributed by atoms with E-state index < -0.39 is 0 Å². The maximum absolute atomic E-state index is 12.7. The summed E-state index contributed by atoms with van der Waals surface area (Å²) in [6, 6.07) is 11.3. The first kappa shape index (κ1) is 22.6. The summed E-state index contributed by atoms with van der Waals surface area (Å²) in [4.78, 5) is 27.2. The molecule has 3 rings (SSSR count). The summed E-state index contributed by atoms with van der Waals surface area (Å²) in [5, 5.41) is 5.97. The van der Waals surface area contributed by atoms with Gasteiger partial charge in [-0.15, -0.1) is 0 Å². The second kappa shape index (κ2) is 10.3. The van der Waals surface area contributed by atoms with Crippen LogP contribution in [0.4, 0.5) is 11.4 Å². The fourth-order valence-corrected chi connectivity index (χ4v) is 3.78. The number of methoxy groups -OCH3 is 2. The molecule has 1 saturated heterocycles. The number of nitrogens with zero attached hydrogens (tertiary/aromatic N) is 1. The molecule has 0 unspecified atom stereocenters. The minimum Gasteiger partial charge on any atom is -0.493 e. The van der Waals surface area contributed by atoms with Gasteiger partial charge in [-0.2, -0.15) is 0 Å². The zero-order valence-electron chi connectivity index (χ0n) is 18.7. The molecule has 0 aliphatic carbocycles. The number of rotatable bonds is 7. The van der Waals surface area contributed by atoms with Gasteiger partial charge in [0.05, 0.1) is 20.8 Å². The molecule has 2 aromatic carbocycles. The van der Waals surface area contributed by atoms with Crippen LogP contribution in [0.25, 0.3) is 0 Å². The van der Waals surface area contributed by atoms with Crippen LogP contribution < -0.4 is 20.1 Å². The summed E-state index contributed by atoms with van der Waals surface area (Å²) in [7, 11) is 3.13. The quantitative estimate of drug-likeness (QED) is 0.708. The van der Waals surface area contributed by atoms with Crippen molar-refractivity contribution < 1.29 is 19.1 Å². The summed E-state index contributed by atoms with van der Waals surface area (Å²) in [6.45, 7) is 5.73. The Hall–Kier alpha value is -3.06. The Morgan fingerprint density at radius 3 is 2.35 bits per heavy atom. The predicted molar refractivity (Wildman–Crippen MR) is 122 cm³/mol. The van der Waals surface area contributed by atoms with Gasteiger partial charge >= 0.3 is 0 Å². The molecule has 166 valence electrons. The monoisotopic (exact) mass is 425 g/mol.